The van der Waals surface area contributed by atoms with Crippen molar-refractivity contribution in [3.05, 3.63) is 117 Å². The number of nitriles is 1. The van der Waals surface area contributed by atoms with Crippen LogP contribution in [0.4, 0.5) is 0 Å². The van der Waals surface area contributed by atoms with Gasteiger partial charge in [-0.2, -0.15) is 5.26 Å². The summed E-state index contributed by atoms with van der Waals surface area (Å²) in [6.45, 7) is 8.20. The Morgan fingerprint density at radius 3 is 2.32 bits per heavy atom. The van der Waals surface area contributed by atoms with Gasteiger partial charge in [-0.3, -0.25) is 9.36 Å². The van der Waals surface area contributed by atoms with Crippen LogP contribution in [0.25, 0.3) is 16.8 Å². The Hall–Kier alpha value is -3.97. The molecule has 0 spiro atoms. The molecule has 0 bridgehead atoms. The van der Waals surface area contributed by atoms with E-state index in [1.54, 1.807) is 4.57 Å². The molecule has 0 aliphatic heterocycles. The molecule has 4 aromatic rings. The molecule has 0 atom stereocenters. The van der Waals surface area contributed by atoms with Gasteiger partial charge in [0.25, 0.3) is 5.56 Å². The Balaban J connectivity index is 1.77. The predicted octanol–water partition coefficient (Wildman–Crippen LogP) is 6.36. The molecule has 0 saturated carbocycles. The molecular weight excluding hydrogens is 418 g/mol. The van der Waals surface area contributed by atoms with Crippen LogP contribution >= 0.6 is 0 Å². The van der Waals surface area contributed by atoms with E-state index in [2.05, 4.69) is 32.0 Å². The summed E-state index contributed by atoms with van der Waals surface area (Å²) < 4.78 is 1.70. The Labute approximate surface area is 201 Å². The number of hydrogen-bond acceptors (Lipinski definition) is 3. The summed E-state index contributed by atoms with van der Waals surface area (Å²) in [6.07, 6.45) is 1.11. The summed E-state index contributed by atoms with van der Waals surface area (Å²) in [5.74, 6) is 1.11. The van der Waals surface area contributed by atoms with Gasteiger partial charge < -0.3 is 0 Å². The molecule has 0 fully saturated rings. The highest BCUT2D eigenvalue weighted by Gasteiger charge is 2.16. The molecule has 1 heterocycles. The fraction of sp³-hybridized carbons (Fsp3) is 0.233. The first-order chi connectivity index (χ1) is 16.4. The van der Waals surface area contributed by atoms with Crippen molar-refractivity contribution >= 4 is 0 Å². The quantitative estimate of drug-likeness (QED) is 0.346. The van der Waals surface area contributed by atoms with E-state index >= 15 is 0 Å². The van der Waals surface area contributed by atoms with E-state index in [4.69, 9.17) is 4.98 Å². The molecule has 0 radical (unpaired) electrons. The highest BCUT2D eigenvalue weighted by Crippen LogP contribution is 2.25. The molecule has 0 amide bonds. The summed E-state index contributed by atoms with van der Waals surface area (Å²) >= 11 is 0. The minimum absolute atomic E-state index is 0.0488. The smallest absolute Gasteiger partial charge is 0.261 e. The fourth-order valence-electron chi connectivity index (χ4n) is 4.37. The molecule has 0 saturated heterocycles. The van der Waals surface area contributed by atoms with Gasteiger partial charge in [0, 0.05) is 12.0 Å². The zero-order chi connectivity index (χ0) is 24.2. The number of hydrogen-bond donors (Lipinski definition) is 0. The van der Waals surface area contributed by atoms with Crippen LogP contribution in [-0.2, 0) is 12.8 Å². The van der Waals surface area contributed by atoms with Crippen LogP contribution in [0.1, 0.15) is 60.5 Å². The third-order valence-electron chi connectivity index (χ3n) is 6.25. The minimum atomic E-state index is -0.0488. The number of rotatable bonds is 6. The minimum Gasteiger partial charge on any atom is -0.269 e. The average molecular weight is 448 g/mol. The summed E-state index contributed by atoms with van der Waals surface area (Å²) in [7, 11) is 0. The summed E-state index contributed by atoms with van der Waals surface area (Å²) in [4.78, 5) is 18.5. The van der Waals surface area contributed by atoms with Crippen molar-refractivity contribution in [2.24, 2.45) is 0 Å². The second-order valence-electron chi connectivity index (χ2n) is 8.86. The van der Waals surface area contributed by atoms with E-state index in [-0.39, 0.29) is 5.56 Å². The van der Waals surface area contributed by atoms with Gasteiger partial charge in [-0.05, 0) is 59.7 Å². The molecule has 0 aliphatic carbocycles. The van der Waals surface area contributed by atoms with Crippen molar-refractivity contribution in [2.45, 2.75) is 46.5 Å². The molecular formula is C30H29N3O. The third kappa shape index (κ3) is 4.56. The maximum absolute atomic E-state index is 13.7. The standard InChI is InChI=1S/C30H29N3O/c1-5-29-28(18-22-11-16-27(25(17-22)19-31)24-9-7-6-8-10-24)30(34)33(21(4)32-29)26-14-12-23(13-15-26)20(2)3/h6-17,20H,5,18H2,1-4H3. The Morgan fingerprint density at radius 2 is 1.71 bits per heavy atom. The third-order valence-corrected chi connectivity index (χ3v) is 6.25. The molecule has 1 aromatic heterocycles. The topological polar surface area (TPSA) is 58.7 Å². The first-order valence-corrected chi connectivity index (χ1v) is 11.7. The van der Waals surface area contributed by atoms with E-state index in [1.807, 2.05) is 74.5 Å². The average Bonchev–Trinajstić information content (AvgIpc) is 2.86. The maximum Gasteiger partial charge on any atom is 0.261 e. The second-order valence-corrected chi connectivity index (χ2v) is 8.86. The van der Waals surface area contributed by atoms with Gasteiger partial charge in [-0.15, -0.1) is 0 Å². The van der Waals surface area contributed by atoms with Crippen molar-refractivity contribution < 1.29 is 0 Å². The highest BCUT2D eigenvalue weighted by atomic mass is 16.1. The number of aryl methyl sites for hydroxylation is 2. The van der Waals surface area contributed by atoms with Crippen LogP contribution in [0.15, 0.2) is 77.6 Å². The summed E-state index contributed by atoms with van der Waals surface area (Å²) in [6, 6.07) is 26.2. The van der Waals surface area contributed by atoms with Crippen molar-refractivity contribution in [1.29, 1.82) is 5.26 Å². The normalized spacial score (nSPS) is 10.9. The fourth-order valence-corrected chi connectivity index (χ4v) is 4.37. The van der Waals surface area contributed by atoms with Gasteiger partial charge in [-0.1, -0.05) is 75.4 Å². The van der Waals surface area contributed by atoms with Crippen LogP contribution in [0.3, 0.4) is 0 Å². The van der Waals surface area contributed by atoms with Crippen LogP contribution in [-0.4, -0.2) is 9.55 Å². The van der Waals surface area contributed by atoms with E-state index in [1.165, 1.54) is 5.56 Å². The lowest BCUT2D eigenvalue weighted by Crippen LogP contribution is -2.28. The molecule has 0 N–H and O–H groups in total. The zero-order valence-electron chi connectivity index (χ0n) is 20.2. The number of nitrogens with zero attached hydrogens (tertiary/aromatic N) is 3. The van der Waals surface area contributed by atoms with Crippen LogP contribution in [0.2, 0.25) is 0 Å². The van der Waals surface area contributed by atoms with E-state index in [0.29, 0.717) is 35.7 Å². The SMILES string of the molecule is CCc1nc(C)n(-c2ccc(C(C)C)cc2)c(=O)c1Cc1ccc(-c2ccccc2)c(C#N)c1. The number of aromatic nitrogens is 2. The maximum atomic E-state index is 13.7. The second kappa shape index (κ2) is 9.89. The Morgan fingerprint density at radius 1 is 1.00 bits per heavy atom. The predicted molar refractivity (Wildman–Crippen MR) is 137 cm³/mol. The van der Waals surface area contributed by atoms with Gasteiger partial charge in [0.15, 0.2) is 0 Å². The lowest BCUT2D eigenvalue weighted by Gasteiger charge is -2.16. The molecule has 0 aliphatic rings. The summed E-state index contributed by atoms with van der Waals surface area (Å²) in [5, 5.41) is 9.79. The van der Waals surface area contributed by atoms with Crippen LogP contribution in [0, 0.1) is 18.3 Å². The van der Waals surface area contributed by atoms with Gasteiger partial charge in [0.1, 0.15) is 5.82 Å². The van der Waals surface area contributed by atoms with Crippen LogP contribution < -0.4 is 5.56 Å². The number of benzene rings is 3. The molecule has 4 nitrogen and oxygen atoms in total. The van der Waals surface area contributed by atoms with E-state index in [9.17, 15) is 10.1 Å². The van der Waals surface area contributed by atoms with Gasteiger partial charge in [0.05, 0.1) is 23.0 Å². The summed E-state index contributed by atoms with van der Waals surface area (Å²) in [5.41, 5.74) is 6.92. The molecule has 3 aromatic carbocycles. The first-order valence-electron chi connectivity index (χ1n) is 11.7. The van der Waals surface area contributed by atoms with Crippen molar-refractivity contribution in [2.75, 3.05) is 0 Å². The van der Waals surface area contributed by atoms with E-state index < -0.39 is 0 Å². The molecule has 34 heavy (non-hydrogen) atoms. The Bertz CT molecular complexity index is 1410. The van der Waals surface area contributed by atoms with Crippen LogP contribution in [0.5, 0.6) is 0 Å². The van der Waals surface area contributed by atoms with Crippen molar-refractivity contribution in [3.8, 4) is 22.9 Å². The lowest BCUT2D eigenvalue weighted by atomic mass is 9.95. The largest absolute Gasteiger partial charge is 0.269 e. The molecule has 4 heteroatoms. The first kappa shape index (κ1) is 23.2. The van der Waals surface area contributed by atoms with E-state index in [0.717, 1.165) is 28.1 Å². The Kier molecular flexibility index (Phi) is 6.75. The van der Waals surface area contributed by atoms with Gasteiger partial charge >= 0.3 is 0 Å². The molecule has 170 valence electrons. The zero-order valence-corrected chi connectivity index (χ0v) is 20.2. The molecule has 0 unspecified atom stereocenters. The van der Waals surface area contributed by atoms with Gasteiger partial charge in [-0.25, -0.2) is 4.98 Å². The lowest BCUT2D eigenvalue weighted by molar-refractivity contribution is 0.801. The highest BCUT2D eigenvalue weighted by molar-refractivity contribution is 5.71. The van der Waals surface area contributed by atoms with Crippen molar-refractivity contribution in [3.63, 3.8) is 0 Å². The van der Waals surface area contributed by atoms with Crippen molar-refractivity contribution in [1.82, 2.24) is 9.55 Å². The monoisotopic (exact) mass is 447 g/mol. The van der Waals surface area contributed by atoms with Gasteiger partial charge in [0.2, 0.25) is 0 Å². The molecule has 4 rings (SSSR count).